The van der Waals surface area contributed by atoms with Crippen LogP contribution in [0.2, 0.25) is 0 Å². The quantitative estimate of drug-likeness (QED) is 0.371. The van der Waals surface area contributed by atoms with Crippen LogP contribution < -0.4 is 5.32 Å². The Labute approximate surface area is 184 Å². The second-order valence-corrected chi connectivity index (χ2v) is 10.6. The summed E-state index contributed by atoms with van der Waals surface area (Å²) in [5.74, 6) is 0.397. The highest BCUT2D eigenvalue weighted by atomic mass is 16.5. The van der Waals surface area contributed by atoms with Gasteiger partial charge in [-0.05, 0) is 27.2 Å². The van der Waals surface area contributed by atoms with Crippen molar-refractivity contribution in [1.82, 2.24) is 5.32 Å². The maximum atomic E-state index is 12.2. The highest BCUT2D eigenvalue weighted by Crippen LogP contribution is 2.18. The molecule has 0 aliphatic carbocycles. The van der Waals surface area contributed by atoms with Gasteiger partial charge in [-0.3, -0.25) is 9.59 Å². The molecule has 6 heteroatoms. The molecule has 0 aromatic rings. The summed E-state index contributed by atoms with van der Waals surface area (Å²) < 4.78 is 17.8. The average Bonchev–Trinajstić information content (AvgIpc) is 2.60. The Kier molecular flexibility index (Phi) is 13.2. The maximum absolute atomic E-state index is 12.2. The molecule has 1 N–H and O–H groups in total. The fourth-order valence-electron chi connectivity index (χ4n) is 2.98. The third-order valence-electron chi connectivity index (χ3n) is 4.57. The Balaban J connectivity index is 5.05. The third kappa shape index (κ3) is 13.5. The van der Waals surface area contributed by atoms with Gasteiger partial charge in [-0.2, -0.15) is 0 Å². The van der Waals surface area contributed by atoms with Crippen molar-refractivity contribution in [3.63, 3.8) is 0 Å². The summed E-state index contributed by atoms with van der Waals surface area (Å²) in [6, 6.07) is 0. The van der Waals surface area contributed by atoms with Gasteiger partial charge in [0.2, 0.25) is 0 Å². The monoisotopic (exact) mass is 429 g/mol. The molecule has 0 amide bonds. The molecule has 0 fully saturated rings. The van der Waals surface area contributed by atoms with Gasteiger partial charge in [0.15, 0.2) is 0 Å². The van der Waals surface area contributed by atoms with E-state index in [1.54, 1.807) is 0 Å². The molecule has 0 heterocycles. The van der Waals surface area contributed by atoms with E-state index in [1.807, 2.05) is 34.6 Å². The minimum absolute atomic E-state index is 0.0163. The molecule has 0 rings (SSSR count). The number of ether oxygens (including phenoxy) is 3. The fourth-order valence-corrected chi connectivity index (χ4v) is 2.98. The molecule has 0 saturated carbocycles. The zero-order valence-electron chi connectivity index (χ0n) is 21.0. The van der Waals surface area contributed by atoms with E-state index in [0.717, 1.165) is 6.42 Å². The van der Waals surface area contributed by atoms with Crippen LogP contribution in [-0.4, -0.2) is 62.3 Å². The van der Waals surface area contributed by atoms with Crippen LogP contribution in [0, 0.1) is 11.3 Å². The number of carbonyl (C=O) groups excluding carboxylic acids is 2. The largest absolute Gasteiger partial charge is 0.379 e. The van der Waals surface area contributed by atoms with Crippen molar-refractivity contribution in [3.8, 4) is 0 Å². The van der Waals surface area contributed by atoms with Crippen LogP contribution in [0.15, 0.2) is 0 Å². The molecule has 1 atom stereocenters. The molecule has 0 spiro atoms. The van der Waals surface area contributed by atoms with Crippen LogP contribution in [0.25, 0.3) is 0 Å². The van der Waals surface area contributed by atoms with Crippen molar-refractivity contribution in [3.05, 3.63) is 0 Å². The molecule has 0 aliphatic heterocycles. The maximum Gasteiger partial charge on any atom is 0.140 e. The number of nitrogens with one attached hydrogen (secondary N) is 1. The fraction of sp³-hybridized carbons (Fsp3) is 0.917. The molecule has 30 heavy (non-hydrogen) atoms. The van der Waals surface area contributed by atoms with Gasteiger partial charge in [0.25, 0.3) is 0 Å². The van der Waals surface area contributed by atoms with Crippen molar-refractivity contribution in [2.24, 2.45) is 11.3 Å². The standard InChI is InChI=1S/C24H47NO5/c1-10-13-28-16-24(25-23(7,8)9,17-29-14-11-20(26)19(2)3)18-30-15-12-21(27)22(4,5)6/h19,25H,10-18H2,1-9H3. The molecule has 1 unspecified atom stereocenters. The summed E-state index contributed by atoms with van der Waals surface area (Å²) in [6.45, 7) is 20.5. The summed E-state index contributed by atoms with van der Waals surface area (Å²) >= 11 is 0. The molecule has 0 bridgehead atoms. The van der Waals surface area contributed by atoms with Gasteiger partial charge in [0.1, 0.15) is 11.6 Å². The van der Waals surface area contributed by atoms with Gasteiger partial charge in [-0.25, -0.2) is 0 Å². The van der Waals surface area contributed by atoms with Crippen LogP contribution in [0.3, 0.4) is 0 Å². The lowest BCUT2D eigenvalue weighted by molar-refractivity contribution is -0.128. The first kappa shape index (κ1) is 29.2. The Morgan fingerprint density at radius 1 is 0.800 bits per heavy atom. The lowest BCUT2D eigenvalue weighted by Gasteiger charge is -2.40. The van der Waals surface area contributed by atoms with Crippen molar-refractivity contribution in [2.45, 2.75) is 92.7 Å². The third-order valence-corrected chi connectivity index (χ3v) is 4.57. The van der Waals surface area contributed by atoms with E-state index in [-0.39, 0.29) is 28.4 Å². The Bertz CT molecular complexity index is 505. The van der Waals surface area contributed by atoms with Crippen molar-refractivity contribution in [1.29, 1.82) is 0 Å². The number of hydrogen-bond acceptors (Lipinski definition) is 6. The Hall–Kier alpha value is -0.820. The van der Waals surface area contributed by atoms with E-state index < -0.39 is 5.54 Å². The van der Waals surface area contributed by atoms with Gasteiger partial charge >= 0.3 is 0 Å². The summed E-state index contributed by atoms with van der Waals surface area (Å²) in [6.07, 6.45) is 1.71. The Morgan fingerprint density at radius 3 is 1.67 bits per heavy atom. The molecule has 0 radical (unpaired) electrons. The van der Waals surface area contributed by atoms with Crippen LogP contribution in [0.1, 0.15) is 81.6 Å². The molecule has 178 valence electrons. The molecular weight excluding hydrogens is 382 g/mol. The average molecular weight is 430 g/mol. The first-order chi connectivity index (χ1) is 13.7. The van der Waals surface area contributed by atoms with Gasteiger partial charge in [0.05, 0.1) is 38.6 Å². The van der Waals surface area contributed by atoms with E-state index >= 15 is 0 Å². The number of carbonyl (C=O) groups is 2. The van der Waals surface area contributed by atoms with Crippen molar-refractivity contribution < 1.29 is 23.8 Å². The van der Waals surface area contributed by atoms with Gasteiger partial charge in [0, 0.05) is 36.3 Å². The number of ketones is 2. The summed E-state index contributed by atoms with van der Waals surface area (Å²) in [4.78, 5) is 24.1. The number of hydrogen-bond donors (Lipinski definition) is 1. The van der Waals surface area contributed by atoms with E-state index in [2.05, 4.69) is 33.0 Å². The first-order valence-corrected chi connectivity index (χ1v) is 11.3. The predicted octanol–water partition coefficient (Wildman–Crippen LogP) is 4.19. The molecule has 0 aromatic heterocycles. The lowest BCUT2D eigenvalue weighted by atomic mass is 9.89. The van der Waals surface area contributed by atoms with Crippen LogP contribution in [0.4, 0.5) is 0 Å². The minimum Gasteiger partial charge on any atom is -0.379 e. The second kappa shape index (κ2) is 13.6. The molecular formula is C24H47NO5. The van der Waals surface area contributed by atoms with Gasteiger partial charge in [-0.1, -0.05) is 41.5 Å². The minimum atomic E-state index is -0.556. The lowest BCUT2D eigenvalue weighted by Crippen LogP contribution is -2.62. The van der Waals surface area contributed by atoms with Gasteiger partial charge < -0.3 is 19.5 Å². The van der Waals surface area contributed by atoms with Crippen LogP contribution in [-0.2, 0) is 23.8 Å². The summed E-state index contributed by atoms with van der Waals surface area (Å²) in [5, 5.41) is 3.61. The predicted molar refractivity (Wildman–Crippen MR) is 122 cm³/mol. The van der Waals surface area contributed by atoms with E-state index in [0.29, 0.717) is 52.5 Å². The number of Topliss-reactive ketones (excluding diaryl/α,β-unsaturated/α-hetero) is 2. The van der Waals surface area contributed by atoms with E-state index in [9.17, 15) is 9.59 Å². The van der Waals surface area contributed by atoms with E-state index in [1.165, 1.54) is 0 Å². The molecule has 0 saturated heterocycles. The normalized spacial score (nSPS) is 14.7. The first-order valence-electron chi connectivity index (χ1n) is 11.3. The molecule has 6 nitrogen and oxygen atoms in total. The summed E-state index contributed by atoms with van der Waals surface area (Å²) in [7, 11) is 0. The van der Waals surface area contributed by atoms with E-state index in [4.69, 9.17) is 14.2 Å². The SMILES string of the molecule is CCCOCC(COCCC(=O)C(C)C)(COCCC(=O)C(C)(C)C)NC(C)(C)C. The number of rotatable bonds is 16. The highest BCUT2D eigenvalue weighted by Gasteiger charge is 2.35. The van der Waals surface area contributed by atoms with Gasteiger partial charge in [-0.15, -0.1) is 0 Å². The van der Waals surface area contributed by atoms with Crippen LogP contribution in [0.5, 0.6) is 0 Å². The zero-order chi connectivity index (χ0) is 23.4. The zero-order valence-corrected chi connectivity index (χ0v) is 21.0. The van der Waals surface area contributed by atoms with Crippen molar-refractivity contribution in [2.75, 3.05) is 39.6 Å². The van der Waals surface area contributed by atoms with Crippen molar-refractivity contribution >= 4 is 11.6 Å². The topological polar surface area (TPSA) is 73.9 Å². The second-order valence-electron chi connectivity index (χ2n) is 10.6. The molecule has 0 aromatic carbocycles. The smallest absolute Gasteiger partial charge is 0.140 e. The highest BCUT2D eigenvalue weighted by molar-refractivity contribution is 5.83. The van der Waals surface area contributed by atoms with Crippen LogP contribution >= 0.6 is 0 Å². The molecule has 0 aliphatic rings. The summed E-state index contributed by atoms with van der Waals surface area (Å²) in [5.41, 5.74) is -1.10. The Morgan fingerprint density at radius 2 is 1.27 bits per heavy atom.